The van der Waals surface area contributed by atoms with Crippen molar-refractivity contribution in [2.75, 3.05) is 33.2 Å². The Morgan fingerprint density at radius 1 is 1.21 bits per heavy atom. The van der Waals surface area contributed by atoms with Crippen molar-refractivity contribution in [2.24, 2.45) is 11.8 Å². The highest BCUT2D eigenvalue weighted by Gasteiger charge is 2.31. The van der Waals surface area contributed by atoms with Gasteiger partial charge in [0.05, 0.1) is 11.1 Å². The van der Waals surface area contributed by atoms with Gasteiger partial charge in [0, 0.05) is 36.5 Å². The van der Waals surface area contributed by atoms with Crippen molar-refractivity contribution in [3.8, 4) is 6.07 Å². The molecule has 0 spiro atoms. The summed E-state index contributed by atoms with van der Waals surface area (Å²) in [5, 5.41) is 10.4. The predicted molar refractivity (Wildman–Crippen MR) is 114 cm³/mol. The highest BCUT2D eigenvalue weighted by molar-refractivity contribution is 5.84. The Morgan fingerprint density at radius 2 is 2.00 bits per heavy atom. The monoisotopic (exact) mass is 390 g/mol. The van der Waals surface area contributed by atoms with E-state index < -0.39 is 0 Å². The molecular weight excluding hydrogens is 360 g/mol. The molecule has 5 nitrogen and oxygen atoms in total. The molecule has 1 amide bonds. The third kappa shape index (κ3) is 4.43. The van der Waals surface area contributed by atoms with Gasteiger partial charge in [-0.1, -0.05) is 25.1 Å². The first-order chi connectivity index (χ1) is 14.0. The van der Waals surface area contributed by atoms with Crippen LogP contribution in [0.2, 0.25) is 0 Å². The molecule has 4 rings (SSSR count). The molecule has 0 unspecified atom stereocenters. The molecule has 0 saturated carbocycles. The average molecular weight is 391 g/mol. The van der Waals surface area contributed by atoms with Crippen LogP contribution in [0.1, 0.15) is 49.8 Å². The number of hydrogen-bond acceptors (Lipinski definition) is 4. The molecule has 2 aliphatic heterocycles. The Bertz CT molecular complexity index is 926. The molecule has 2 aromatic rings. The van der Waals surface area contributed by atoms with E-state index in [1.54, 1.807) is 0 Å². The van der Waals surface area contributed by atoms with Gasteiger partial charge in [0.1, 0.15) is 6.07 Å². The lowest BCUT2D eigenvalue weighted by atomic mass is 9.86. The van der Waals surface area contributed by atoms with E-state index in [0.717, 1.165) is 62.0 Å². The molecule has 2 fully saturated rings. The van der Waals surface area contributed by atoms with Crippen molar-refractivity contribution >= 4 is 16.8 Å². The number of benzene rings is 1. The van der Waals surface area contributed by atoms with E-state index >= 15 is 0 Å². The molecule has 0 bridgehead atoms. The van der Waals surface area contributed by atoms with Crippen LogP contribution in [0, 0.1) is 23.2 Å². The second-order valence-corrected chi connectivity index (χ2v) is 9.01. The summed E-state index contributed by atoms with van der Waals surface area (Å²) in [6.07, 6.45) is 3.96. The van der Waals surface area contributed by atoms with Gasteiger partial charge >= 0.3 is 0 Å². The van der Waals surface area contributed by atoms with Crippen LogP contribution in [0.15, 0.2) is 30.3 Å². The van der Waals surface area contributed by atoms with E-state index in [4.69, 9.17) is 4.98 Å². The summed E-state index contributed by atoms with van der Waals surface area (Å²) in [6, 6.07) is 12.1. The lowest BCUT2D eigenvalue weighted by molar-refractivity contribution is -0.134. The van der Waals surface area contributed by atoms with Gasteiger partial charge in [-0.2, -0.15) is 5.26 Å². The van der Waals surface area contributed by atoms with Gasteiger partial charge in [-0.05, 0) is 63.4 Å². The standard InChI is InChI=1S/C24H30N4O/c1-17-12-21(22-7-6-19-4-3-5-20(14-25)24(19)26-22)16-28(15-17)23(29)13-18-8-10-27(2)11-9-18/h3-7,17-18,21H,8-13,15-16H2,1-2H3/t17-,21+/m1/s1. The molecule has 2 aliphatic rings. The zero-order valence-corrected chi connectivity index (χ0v) is 17.5. The number of fused-ring (bicyclic) bond motifs is 1. The molecule has 1 aromatic heterocycles. The number of carbonyl (C=O) groups excluding carboxylic acids is 1. The SMILES string of the molecule is C[C@@H]1C[C@H](c2ccc3cccc(C#N)c3n2)CN(C(=O)CC2CCN(C)CC2)C1. The lowest BCUT2D eigenvalue weighted by Gasteiger charge is -2.37. The highest BCUT2D eigenvalue weighted by Crippen LogP contribution is 2.32. The Balaban J connectivity index is 1.49. The maximum atomic E-state index is 13.0. The molecule has 5 heteroatoms. The first-order valence-electron chi connectivity index (χ1n) is 10.8. The minimum atomic E-state index is 0.233. The quantitative estimate of drug-likeness (QED) is 0.800. The normalized spacial score (nSPS) is 23.8. The molecule has 3 heterocycles. The molecular formula is C24H30N4O. The van der Waals surface area contributed by atoms with Crippen LogP contribution in [-0.4, -0.2) is 53.9 Å². The molecule has 0 radical (unpaired) electrons. The number of para-hydroxylation sites is 1. The van der Waals surface area contributed by atoms with Crippen LogP contribution in [0.5, 0.6) is 0 Å². The number of nitriles is 1. The Hall–Kier alpha value is -2.45. The highest BCUT2D eigenvalue weighted by atomic mass is 16.2. The zero-order valence-electron chi connectivity index (χ0n) is 17.5. The number of piperidine rings is 2. The van der Waals surface area contributed by atoms with Crippen LogP contribution in [0.4, 0.5) is 0 Å². The minimum Gasteiger partial charge on any atom is -0.342 e. The Labute approximate surface area is 173 Å². The first kappa shape index (κ1) is 19.8. The van der Waals surface area contributed by atoms with Gasteiger partial charge in [-0.3, -0.25) is 9.78 Å². The molecule has 2 saturated heterocycles. The van der Waals surface area contributed by atoms with E-state index in [2.05, 4.69) is 42.0 Å². The van der Waals surface area contributed by atoms with Crippen LogP contribution in [0.25, 0.3) is 10.9 Å². The van der Waals surface area contributed by atoms with Gasteiger partial charge in [-0.15, -0.1) is 0 Å². The molecule has 29 heavy (non-hydrogen) atoms. The molecule has 152 valence electrons. The lowest BCUT2D eigenvalue weighted by Crippen LogP contribution is -2.44. The van der Waals surface area contributed by atoms with Crippen molar-refractivity contribution in [1.82, 2.24) is 14.8 Å². The van der Waals surface area contributed by atoms with Gasteiger partial charge < -0.3 is 9.80 Å². The minimum absolute atomic E-state index is 0.233. The average Bonchev–Trinajstić information content (AvgIpc) is 2.74. The van der Waals surface area contributed by atoms with Crippen molar-refractivity contribution < 1.29 is 4.79 Å². The Morgan fingerprint density at radius 3 is 2.76 bits per heavy atom. The van der Waals surface area contributed by atoms with Gasteiger partial charge in [0.25, 0.3) is 0 Å². The summed E-state index contributed by atoms with van der Waals surface area (Å²) in [4.78, 5) is 22.3. The van der Waals surface area contributed by atoms with Crippen LogP contribution in [0.3, 0.4) is 0 Å². The van der Waals surface area contributed by atoms with Crippen molar-refractivity contribution in [3.63, 3.8) is 0 Å². The second kappa shape index (κ2) is 8.51. The number of hydrogen-bond donors (Lipinski definition) is 0. The number of carbonyl (C=O) groups is 1. The summed E-state index contributed by atoms with van der Waals surface area (Å²) in [5.74, 6) is 1.51. The van der Waals surface area contributed by atoms with Gasteiger partial charge in [-0.25, -0.2) is 0 Å². The van der Waals surface area contributed by atoms with Gasteiger partial charge in [0.2, 0.25) is 5.91 Å². The van der Waals surface area contributed by atoms with E-state index in [-0.39, 0.29) is 5.92 Å². The first-order valence-corrected chi connectivity index (χ1v) is 10.8. The summed E-state index contributed by atoms with van der Waals surface area (Å²) in [7, 11) is 2.16. The summed E-state index contributed by atoms with van der Waals surface area (Å²) in [5.41, 5.74) is 2.39. The smallest absolute Gasteiger partial charge is 0.222 e. The van der Waals surface area contributed by atoms with E-state index in [1.165, 1.54) is 0 Å². The second-order valence-electron chi connectivity index (χ2n) is 9.01. The third-order valence-electron chi connectivity index (χ3n) is 6.59. The van der Waals surface area contributed by atoms with E-state index in [9.17, 15) is 10.1 Å². The third-order valence-corrected chi connectivity index (χ3v) is 6.59. The molecule has 0 N–H and O–H groups in total. The number of aromatic nitrogens is 1. The molecule has 2 atom stereocenters. The molecule has 0 aliphatic carbocycles. The molecule has 1 aromatic carbocycles. The van der Waals surface area contributed by atoms with Crippen LogP contribution >= 0.6 is 0 Å². The number of rotatable bonds is 3. The van der Waals surface area contributed by atoms with Gasteiger partial charge in [0.15, 0.2) is 0 Å². The summed E-state index contributed by atoms with van der Waals surface area (Å²) in [6.45, 7) is 6.00. The number of likely N-dealkylation sites (tertiary alicyclic amines) is 2. The largest absolute Gasteiger partial charge is 0.342 e. The maximum absolute atomic E-state index is 13.0. The van der Waals surface area contributed by atoms with Crippen molar-refractivity contribution in [2.45, 2.75) is 38.5 Å². The van der Waals surface area contributed by atoms with Crippen LogP contribution in [-0.2, 0) is 4.79 Å². The fourth-order valence-electron chi connectivity index (χ4n) is 4.89. The maximum Gasteiger partial charge on any atom is 0.222 e. The predicted octanol–water partition coefficient (Wildman–Crippen LogP) is 3.79. The summed E-state index contributed by atoms with van der Waals surface area (Å²) < 4.78 is 0. The van der Waals surface area contributed by atoms with Crippen molar-refractivity contribution in [1.29, 1.82) is 5.26 Å². The van der Waals surface area contributed by atoms with Crippen molar-refractivity contribution in [3.05, 3.63) is 41.6 Å². The fourth-order valence-corrected chi connectivity index (χ4v) is 4.89. The van der Waals surface area contributed by atoms with E-state index in [1.807, 2.05) is 18.2 Å². The van der Waals surface area contributed by atoms with Crippen LogP contribution < -0.4 is 0 Å². The number of nitrogens with zero attached hydrogens (tertiary/aromatic N) is 4. The zero-order chi connectivity index (χ0) is 20.4. The van der Waals surface area contributed by atoms with E-state index in [0.29, 0.717) is 29.7 Å². The number of pyridine rings is 1. The summed E-state index contributed by atoms with van der Waals surface area (Å²) >= 11 is 0. The number of amides is 1. The Kier molecular flexibility index (Phi) is 5.82. The fraction of sp³-hybridized carbons (Fsp3) is 0.542. The topological polar surface area (TPSA) is 60.2 Å².